The molecule has 7 nitrogen and oxygen atoms in total. The molecule has 2 aromatic carbocycles. The first-order valence-electron chi connectivity index (χ1n) is 9.85. The van der Waals surface area contributed by atoms with Crippen LogP contribution in [0, 0.1) is 13.8 Å². The first-order valence-corrected chi connectivity index (χ1v) is 9.85. The zero-order chi connectivity index (χ0) is 21.3. The van der Waals surface area contributed by atoms with Crippen molar-refractivity contribution >= 4 is 35.3 Å². The van der Waals surface area contributed by atoms with Crippen molar-refractivity contribution < 1.29 is 19.1 Å². The molecule has 0 atom stereocenters. The van der Waals surface area contributed by atoms with Crippen molar-refractivity contribution in [3.63, 3.8) is 0 Å². The molecule has 154 valence electrons. The van der Waals surface area contributed by atoms with Gasteiger partial charge in [-0.25, -0.2) is 9.69 Å². The number of aryl methyl sites for hydroxylation is 2. The lowest BCUT2D eigenvalue weighted by Crippen LogP contribution is -2.54. The van der Waals surface area contributed by atoms with Gasteiger partial charge in [0.15, 0.2) is 0 Å². The smallest absolute Gasteiger partial charge is 0.335 e. The molecular formula is C23H23N3O4. The number of imide groups is 2. The van der Waals surface area contributed by atoms with E-state index in [1.807, 2.05) is 44.2 Å². The van der Waals surface area contributed by atoms with E-state index in [4.69, 9.17) is 4.74 Å². The minimum atomic E-state index is -0.745. The summed E-state index contributed by atoms with van der Waals surface area (Å²) in [6.45, 7) is 6.90. The number of carbonyl (C=O) groups is 3. The molecule has 0 aromatic heterocycles. The van der Waals surface area contributed by atoms with E-state index in [2.05, 4.69) is 10.2 Å². The summed E-state index contributed by atoms with van der Waals surface area (Å²) in [6.07, 6.45) is 1.55. The fourth-order valence-corrected chi connectivity index (χ4v) is 3.58. The van der Waals surface area contributed by atoms with Crippen LogP contribution in [-0.2, 0) is 14.3 Å². The van der Waals surface area contributed by atoms with E-state index in [9.17, 15) is 14.4 Å². The fraction of sp³-hybridized carbons (Fsp3) is 0.261. The number of carbonyl (C=O) groups excluding carboxylic acids is 3. The Labute approximate surface area is 174 Å². The highest BCUT2D eigenvalue weighted by Gasteiger charge is 2.36. The van der Waals surface area contributed by atoms with Crippen LogP contribution in [0.5, 0.6) is 0 Å². The standard InChI is InChI=1S/C23H23N3O4/c1-15-3-6-18(7-4-15)26-22(28)20(21(27)24-23(26)29)14-17-5-8-19(13-16(17)2)25-9-11-30-12-10-25/h3-8,13-14H,9-12H2,1-2H3,(H,24,27,29)/b20-14+. The number of barbiturate groups is 1. The Morgan fingerprint density at radius 2 is 1.60 bits per heavy atom. The van der Waals surface area contributed by atoms with E-state index >= 15 is 0 Å². The number of amides is 4. The van der Waals surface area contributed by atoms with Crippen LogP contribution in [0.3, 0.4) is 0 Å². The number of benzene rings is 2. The molecule has 4 amide bonds. The van der Waals surface area contributed by atoms with E-state index in [-0.39, 0.29) is 5.57 Å². The van der Waals surface area contributed by atoms with Crippen LogP contribution >= 0.6 is 0 Å². The molecule has 2 aliphatic rings. The van der Waals surface area contributed by atoms with Gasteiger partial charge in [0.25, 0.3) is 11.8 Å². The second-order valence-electron chi connectivity index (χ2n) is 7.43. The van der Waals surface area contributed by atoms with Crippen LogP contribution in [-0.4, -0.2) is 44.1 Å². The minimum absolute atomic E-state index is 0.0719. The molecule has 0 bridgehead atoms. The van der Waals surface area contributed by atoms with E-state index in [0.29, 0.717) is 18.9 Å². The predicted molar refractivity (Wildman–Crippen MR) is 114 cm³/mol. The monoisotopic (exact) mass is 405 g/mol. The van der Waals surface area contributed by atoms with Crippen LogP contribution in [0.2, 0.25) is 0 Å². The molecule has 2 aliphatic heterocycles. The number of hydrogen-bond donors (Lipinski definition) is 1. The van der Waals surface area contributed by atoms with Crippen LogP contribution in [0.25, 0.3) is 6.08 Å². The molecule has 0 saturated carbocycles. The topological polar surface area (TPSA) is 79.0 Å². The number of nitrogens with zero attached hydrogens (tertiary/aromatic N) is 2. The minimum Gasteiger partial charge on any atom is -0.378 e. The Kier molecular flexibility index (Phi) is 5.37. The lowest BCUT2D eigenvalue weighted by molar-refractivity contribution is -0.122. The quantitative estimate of drug-likeness (QED) is 0.628. The maximum atomic E-state index is 13.0. The number of nitrogens with one attached hydrogen (secondary N) is 1. The van der Waals surface area contributed by atoms with Crippen LogP contribution < -0.4 is 15.1 Å². The molecule has 7 heteroatoms. The van der Waals surface area contributed by atoms with E-state index < -0.39 is 17.8 Å². The lowest BCUT2D eigenvalue weighted by atomic mass is 10.0. The molecule has 2 heterocycles. The number of anilines is 2. The summed E-state index contributed by atoms with van der Waals surface area (Å²) >= 11 is 0. The fourth-order valence-electron chi connectivity index (χ4n) is 3.58. The molecule has 0 spiro atoms. The second-order valence-corrected chi connectivity index (χ2v) is 7.43. The third-order valence-electron chi connectivity index (χ3n) is 5.32. The largest absolute Gasteiger partial charge is 0.378 e. The van der Waals surface area contributed by atoms with E-state index in [1.165, 1.54) is 0 Å². The van der Waals surface area contributed by atoms with Crippen LogP contribution in [0.15, 0.2) is 48.0 Å². The molecule has 2 fully saturated rings. The van der Waals surface area contributed by atoms with Gasteiger partial charge >= 0.3 is 6.03 Å². The summed E-state index contributed by atoms with van der Waals surface area (Å²) in [4.78, 5) is 41.0. The number of urea groups is 1. The van der Waals surface area contributed by atoms with Gasteiger partial charge in [0.2, 0.25) is 0 Å². The summed E-state index contributed by atoms with van der Waals surface area (Å²) in [5, 5.41) is 2.26. The van der Waals surface area contributed by atoms with Gasteiger partial charge in [-0.3, -0.25) is 14.9 Å². The Hall–Kier alpha value is -3.45. The van der Waals surface area contributed by atoms with E-state index in [0.717, 1.165) is 40.4 Å². The Morgan fingerprint density at radius 3 is 2.27 bits per heavy atom. The highest BCUT2D eigenvalue weighted by Crippen LogP contribution is 2.25. The van der Waals surface area contributed by atoms with Crippen molar-refractivity contribution in [2.75, 3.05) is 36.1 Å². The van der Waals surface area contributed by atoms with Crippen LogP contribution in [0.4, 0.5) is 16.2 Å². The van der Waals surface area contributed by atoms with Crippen molar-refractivity contribution in [1.29, 1.82) is 0 Å². The van der Waals surface area contributed by atoms with Crippen molar-refractivity contribution in [3.05, 3.63) is 64.7 Å². The SMILES string of the molecule is Cc1ccc(N2C(=O)NC(=O)/C(=C\c3ccc(N4CCOCC4)cc3C)C2=O)cc1. The van der Waals surface area contributed by atoms with Gasteiger partial charge in [0, 0.05) is 18.8 Å². The van der Waals surface area contributed by atoms with Gasteiger partial charge in [-0.05, 0) is 55.3 Å². The Balaban J connectivity index is 1.64. The van der Waals surface area contributed by atoms with Gasteiger partial charge in [-0.1, -0.05) is 23.8 Å². The maximum absolute atomic E-state index is 13.0. The highest BCUT2D eigenvalue weighted by molar-refractivity contribution is 6.39. The number of rotatable bonds is 3. The molecule has 30 heavy (non-hydrogen) atoms. The second kappa shape index (κ2) is 8.12. The average Bonchev–Trinajstić information content (AvgIpc) is 2.74. The van der Waals surface area contributed by atoms with Gasteiger partial charge < -0.3 is 9.64 Å². The number of ether oxygens (including phenoxy) is 1. The molecule has 0 aliphatic carbocycles. The molecule has 2 aromatic rings. The first kappa shape index (κ1) is 19.8. The predicted octanol–water partition coefficient (Wildman–Crippen LogP) is 2.81. The lowest BCUT2D eigenvalue weighted by Gasteiger charge is -2.29. The number of morpholine rings is 1. The van der Waals surface area contributed by atoms with Gasteiger partial charge in [-0.15, -0.1) is 0 Å². The first-order chi connectivity index (χ1) is 14.4. The van der Waals surface area contributed by atoms with Gasteiger partial charge in [0.1, 0.15) is 5.57 Å². The van der Waals surface area contributed by atoms with Crippen molar-refractivity contribution in [3.8, 4) is 0 Å². The molecular weight excluding hydrogens is 382 g/mol. The maximum Gasteiger partial charge on any atom is 0.335 e. The number of hydrogen-bond acceptors (Lipinski definition) is 5. The molecule has 1 N–H and O–H groups in total. The van der Waals surface area contributed by atoms with Gasteiger partial charge in [0.05, 0.1) is 18.9 Å². The van der Waals surface area contributed by atoms with Crippen LogP contribution in [0.1, 0.15) is 16.7 Å². The summed E-state index contributed by atoms with van der Waals surface area (Å²) in [7, 11) is 0. The van der Waals surface area contributed by atoms with Crippen molar-refractivity contribution in [2.24, 2.45) is 0 Å². The average molecular weight is 405 g/mol. The third kappa shape index (κ3) is 3.84. The zero-order valence-electron chi connectivity index (χ0n) is 17.0. The molecule has 4 rings (SSSR count). The molecule has 0 unspecified atom stereocenters. The zero-order valence-corrected chi connectivity index (χ0v) is 17.0. The Morgan fingerprint density at radius 1 is 0.933 bits per heavy atom. The molecule has 2 saturated heterocycles. The molecule has 0 radical (unpaired) electrons. The Bertz CT molecular complexity index is 1040. The van der Waals surface area contributed by atoms with Gasteiger partial charge in [-0.2, -0.15) is 0 Å². The third-order valence-corrected chi connectivity index (χ3v) is 5.32. The van der Waals surface area contributed by atoms with Crippen molar-refractivity contribution in [1.82, 2.24) is 5.32 Å². The summed E-state index contributed by atoms with van der Waals surface area (Å²) in [5.74, 6) is -1.32. The summed E-state index contributed by atoms with van der Waals surface area (Å²) < 4.78 is 5.40. The summed E-state index contributed by atoms with van der Waals surface area (Å²) in [6, 6.07) is 12.1. The summed E-state index contributed by atoms with van der Waals surface area (Å²) in [5.41, 5.74) is 4.12. The van der Waals surface area contributed by atoms with E-state index in [1.54, 1.807) is 18.2 Å². The highest BCUT2D eigenvalue weighted by atomic mass is 16.5. The van der Waals surface area contributed by atoms with Crippen molar-refractivity contribution in [2.45, 2.75) is 13.8 Å². The normalized spacial score (nSPS) is 18.7.